The van der Waals surface area contributed by atoms with E-state index in [1.807, 2.05) is 0 Å². The maximum absolute atomic E-state index is 12.8. The monoisotopic (exact) mass is 501 g/mol. The number of nitrogen functional groups attached to an aromatic ring is 1. The molecule has 1 aromatic rings. The van der Waals surface area contributed by atoms with Gasteiger partial charge in [-0.15, -0.1) is 34.9 Å². The molecule has 4 N–H and O–H groups in total. The fourth-order valence-electron chi connectivity index (χ4n) is 3.27. The van der Waals surface area contributed by atoms with Crippen molar-refractivity contribution in [2.75, 3.05) is 37.7 Å². The number of ether oxygens (including phenoxy) is 2. The number of fused-ring (bicyclic) bond motifs is 1. The first kappa shape index (κ1) is 22.8. The highest BCUT2D eigenvalue weighted by atomic mass is 32.2. The molecule has 4 rings (SSSR count). The number of aliphatic carboxylic acids is 1. The molecule has 1 aromatic heterocycles. The topological polar surface area (TPSA) is 166 Å². The number of carbonyl (C=O) groups excluding carboxylic acids is 2. The highest BCUT2D eigenvalue weighted by Crippen LogP contribution is 2.43. The summed E-state index contributed by atoms with van der Waals surface area (Å²) in [4.78, 5) is 48.0. The summed E-state index contributed by atoms with van der Waals surface area (Å²) >= 11 is 3.84. The molecule has 0 spiro atoms. The number of anilines is 1. The lowest BCUT2D eigenvalue weighted by atomic mass is 10.0. The molecule has 4 heterocycles. The first-order valence-corrected chi connectivity index (χ1v) is 12.2. The Balaban J connectivity index is 1.46. The van der Waals surface area contributed by atoms with Gasteiger partial charge in [0.2, 0.25) is 0 Å². The van der Waals surface area contributed by atoms with Crippen molar-refractivity contribution in [1.82, 2.24) is 15.2 Å². The van der Waals surface area contributed by atoms with E-state index < -0.39 is 29.2 Å². The summed E-state index contributed by atoms with van der Waals surface area (Å²) in [6.45, 7) is 0.673. The van der Waals surface area contributed by atoms with Crippen LogP contribution < -0.4 is 11.1 Å². The van der Waals surface area contributed by atoms with E-state index in [9.17, 15) is 19.5 Å². The van der Waals surface area contributed by atoms with E-state index in [1.54, 1.807) is 5.38 Å². The van der Waals surface area contributed by atoms with Gasteiger partial charge in [0.25, 0.3) is 11.8 Å². The highest BCUT2D eigenvalue weighted by molar-refractivity contribution is 8.06. The van der Waals surface area contributed by atoms with E-state index in [4.69, 9.17) is 20.0 Å². The molecule has 2 saturated heterocycles. The van der Waals surface area contributed by atoms with Gasteiger partial charge < -0.3 is 30.5 Å². The van der Waals surface area contributed by atoms with Gasteiger partial charge in [-0.3, -0.25) is 14.5 Å². The number of nitrogens with zero attached hydrogens (tertiary/aromatic N) is 3. The number of oxime groups is 1. The van der Waals surface area contributed by atoms with Crippen LogP contribution in [-0.2, 0) is 28.7 Å². The number of carboxylic acids is 1. The zero-order valence-electron chi connectivity index (χ0n) is 16.7. The number of hydrogen-bond acceptors (Lipinski definition) is 12. The molecule has 0 saturated carbocycles. The molecule has 0 bridgehead atoms. The predicted molar refractivity (Wildman–Crippen MR) is 118 cm³/mol. The van der Waals surface area contributed by atoms with Gasteiger partial charge >= 0.3 is 5.97 Å². The minimum absolute atomic E-state index is 0.0637. The number of amides is 2. The number of hydrogen-bond donors (Lipinski definition) is 3. The van der Waals surface area contributed by atoms with E-state index in [2.05, 4.69) is 15.5 Å². The fourth-order valence-corrected chi connectivity index (χ4v) is 6.45. The van der Waals surface area contributed by atoms with Crippen LogP contribution in [0.15, 0.2) is 21.1 Å². The van der Waals surface area contributed by atoms with Crippen LogP contribution in [0.1, 0.15) is 5.69 Å². The zero-order valence-corrected chi connectivity index (χ0v) is 19.1. The molecule has 3 aliphatic rings. The van der Waals surface area contributed by atoms with Crippen LogP contribution in [0.2, 0.25) is 0 Å². The average molecular weight is 502 g/mol. The second-order valence-electron chi connectivity index (χ2n) is 6.72. The number of carbonyl (C=O) groups is 3. The van der Waals surface area contributed by atoms with Gasteiger partial charge in [0.1, 0.15) is 36.7 Å². The summed E-state index contributed by atoms with van der Waals surface area (Å²) in [5.41, 5.74) is 5.65. The lowest BCUT2D eigenvalue weighted by molar-refractivity contribution is -0.150. The SMILES string of the molecule is CO/N=C(\C(=O)NC1C(=O)N2C(C(=O)O)=C(SCC3COCO3)CS[C@H]12)c1csc(N)n1. The Bertz CT molecular complexity index is 991. The number of thiazole rings is 1. The lowest BCUT2D eigenvalue weighted by Gasteiger charge is -2.49. The molecule has 0 aromatic carbocycles. The molecule has 3 aliphatic heterocycles. The van der Waals surface area contributed by atoms with E-state index in [-0.39, 0.29) is 35.1 Å². The Morgan fingerprint density at radius 1 is 1.53 bits per heavy atom. The molecule has 2 fully saturated rings. The van der Waals surface area contributed by atoms with Crippen LogP contribution in [0.5, 0.6) is 0 Å². The second-order valence-corrected chi connectivity index (χ2v) is 9.83. The van der Waals surface area contributed by atoms with Crippen molar-refractivity contribution in [1.29, 1.82) is 0 Å². The Hall–Kier alpha value is -2.33. The molecule has 12 nitrogen and oxygen atoms in total. The van der Waals surface area contributed by atoms with Gasteiger partial charge in [-0.25, -0.2) is 9.78 Å². The standard InChI is InChI=1S/C17H19N5O7S3/c1-27-21-10(8-4-32-17(18)19-8)13(23)20-11-14(24)22-12(16(25)26)9(5-31-15(11)22)30-3-7-2-28-6-29-7/h4,7,11,15H,2-3,5-6H2,1H3,(H2,18,19)(H,20,23)(H,25,26)/b21-10-/t7?,11?,15-/m1/s1. The molecule has 0 aliphatic carbocycles. The van der Waals surface area contributed by atoms with E-state index in [0.717, 1.165) is 11.3 Å². The second kappa shape index (κ2) is 9.66. The van der Waals surface area contributed by atoms with Gasteiger partial charge in [0, 0.05) is 21.8 Å². The van der Waals surface area contributed by atoms with Crippen LogP contribution >= 0.6 is 34.9 Å². The fraction of sp³-hybridized carbons (Fsp3) is 0.471. The first-order chi connectivity index (χ1) is 15.4. The van der Waals surface area contributed by atoms with Crippen LogP contribution in [0.3, 0.4) is 0 Å². The first-order valence-electron chi connectivity index (χ1n) is 9.27. The molecular weight excluding hydrogens is 482 g/mol. The maximum atomic E-state index is 12.8. The largest absolute Gasteiger partial charge is 0.477 e. The van der Waals surface area contributed by atoms with Gasteiger partial charge in [0.05, 0.1) is 12.7 Å². The molecule has 2 unspecified atom stereocenters. The number of aromatic nitrogens is 1. The molecular formula is C17H19N5O7S3. The van der Waals surface area contributed by atoms with Crippen LogP contribution in [-0.4, -0.2) is 88.0 Å². The molecule has 15 heteroatoms. The highest BCUT2D eigenvalue weighted by Gasteiger charge is 2.54. The van der Waals surface area contributed by atoms with Crippen molar-refractivity contribution >= 4 is 63.5 Å². The Morgan fingerprint density at radius 2 is 2.34 bits per heavy atom. The molecule has 3 atom stereocenters. The third-order valence-electron chi connectivity index (χ3n) is 4.72. The van der Waals surface area contributed by atoms with Gasteiger partial charge in [0.15, 0.2) is 10.8 Å². The smallest absolute Gasteiger partial charge is 0.353 e. The molecule has 2 amide bonds. The lowest BCUT2D eigenvalue weighted by Crippen LogP contribution is -2.71. The van der Waals surface area contributed by atoms with Crippen molar-refractivity contribution in [3.8, 4) is 0 Å². The van der Waals surface area contributed by atoms with Crippen molar-refractivity contribution in [2.24, 2.45) is 5.16 Å². The van der Waals surface area contributed by atoms with Gasteiger partial charge in [-0.1, -0.05) is 5.16 Å². The summed E-state index contributed by atoms with van der Waals surface area (Å²) in [5, 5.41) is 17.3. The number of β-lactam (4-membered cyclic amide) rings is 1. The summed E-state index contributed by atoms with van der Waals surface area (Å²) in [7, 11) is 1.28. The molecule has 0 radical (unpaired) electrons. The normalized spacial score (nSPS) is 25.4. The van der Waals surface area contributed by atoms with Gasteiger partial charge in [-0.2, -0.15) is 0 Å². The Kier molecular flexibility index (Phi) is 6.90. The molecule has 172 valence electrons. The van der Waals surface area contributed by atoms with E-state index in [1.165, 1.54) is 35.5 Å². The predicted octanol–water partition coefficient (Wildman–Crippen LogP) is -0.122. The number of thioether (sulfide) groups is 2. The Morgan fingerprint density at radius 3 is 2.97 bits per heavy atom. The average Bonchev–Trinajstić information content (AvgIpc) is 3.45. The summed E-state index contributed by atoms with van der Waals surface area (Å²) in [6, 6.07) is -0.905. The van der Waals surface area contributed by atoms with Crippen molar-refractivity contribution in [3.05, 3.63) is 21.7 Å². The summed E-state index contributed by atoms with van der Waals surface area (Å²) in [6.07, 6.45) is -0.123. The third kappa shape index (κ3) is 4.43. The van der Waals surface area contributed by atoms with Crippen LogP contribution in [0.4, 0.5) is 5.13 Å². The van der Waals surface area contributed by atoms with E-state index >= 15 is 0 Å². The number of carboxylic acid groups (broad SMARTS) is 1. The quantitative estimate of drug-likeness (QED) is 0.247. The van der Waals surface area contributed by atoms with Crippen LogP contribution in [0.25, 0.3) is 0 Å². The number of rotatable bonds is 8. The van der Waals surface area contributed by atoms with E-state index in [0.29, 0.717) is 23.0 Å². The third-order valence-corrected chi connectivity index (χ3v) is 8.08. The summed E-state index contributed by atoms with van der Waals surface area (Å²) < 4.78 is 10.5. The minimum atomic E-state index is -1.20. The number of nitrogens with two attached hydrogens (primary N) is 1. The zero-order chi connectivity index (χ0) is 22.8. The van der Waals surface area contributed by atoms with Crippen molar-refractivity contribution in [2.45, 2.75) is 17.5 Å². The molecule has 32 heavy (non-hydrogen) atoms. The Labute approximate surface area is 194 Å². The number of nitrogens with one attached hydrogen (secondary N) is 1. The van der Waals surface area contributed by atoms with Crippen molar-refractivity contribution in [3.63, 3.8) is 0 Å². The van der Waals surface area contributed by atoms with Crippen LogP contribution in [0, 0.1) is 0 Å². The van der Waals surface area contributed by atoms with Crippen molar-refractivity contribution < 1.29 is 33.8 Å². The minimum Gasteiger partial charge on any atom is -0.477 e. The van der Waals surface area contributed by atoms with Gasteiger partial charge in [-0.05, 0) is 0 Å². The maximum Gasteiger partial charge on any atom is 0.353 e. The summed E-state index contributed by atoms with van der Waals surface area (Å²) in [5.74, 6) is -1.47.